The van der Waals surface area contributed by atoms with Gasteiger partial charge in [-0.15, -0.1) is 0 Å². The zero-order valence-corrected chi connectivity index (χ0v) is 15.3. The summed E-state index contributed by atoms with van der Waals surface area (Å²) in [6, 6.07) is 17.2. The second-order valence-electron chi connectivity index (χ2n) is 6.39. The topological polar surface area (TPSA) is 38.8 Å². The van der Waals surface area contributed by atoms with E-state index in [2.05, 4.69) is 4.90 Å². The first-order valence-corrected chi connectivity index (χ1v) is 8.70. The third kappa shape index (κ3) is 6.59. The van der Waals surface area contributed by atoms with Gasteiger partial charge >= 0.3 is 5.97 Å². The van der Waals surface area contributed by atoms with E-state index in [0.29, 0.717) is 12.4 Å². The third-order valence-electron chi connectivity index (χ3n) is 3.93. The van der Waals surface area contributed by atoms with E-state index >= 15 is 0 Å². The third-order valence-corrected chi connectivity index (χ3v) is 3.93. The Labute approximate surface area is 150 Å². The highest BCUT2D eigenvalue weighted by Crippen LogP contribution is 2.25. The van der Waals surface area contributed by atoms with E-state index in [1.54, 1.807) is 0 Å². The predicted molar refractivity (Wildman–Crippen MR) is 100 cm³/mol. The summed E-state index contributed by atoms with van der Waals surface area (Å²) >= 11 is 0. The minimum atomic E-state index is -0.312. The number of carbonyl (C=O) groups excluding carboxylic acids is 1. The normalized spacial score (nSPS) is 12.0. The fourth-order valence-corrected chi connectivity index (χ4v) is 2.44. The van der Waals surface area contributed by atoms with Gasteiger partial charge in [-0.25, -0.2) is 0 Å². The molecule has 0 aliphatic rings. The van der Waals surface area contributed by atoms with Crippen molar-refractivity contribution in [2.24, 2.45) is 0 Å². The Hall–Kier alpha value is -2.33. The molecule has 0 heterocycles. The fourth-order valence-electron chi connectivity index (χ4n) is 2.44. The molecule has 4 heteroatoms. The number of hydrogen-bond acceptors (Lipinski definition) is 4. The SMILES string of the molecule is CC(C(=O)OCCCCN(C)C)c1cccc(Oc2ccccc2)c1. The number of unbranched alkanes of at least 4 members (excludes halogenated alkanes) is 1. The van der Waals surface area contributed by atoms with Gasteiger partial charge in [0.1, 0.15) is 11.5 Å². The zero-order chi connectivity index (χ0) is 18.1. The van der Waals surface area contributed by atoms with E-state index in [9.17, 15) is 4.79 Å². The van der Waals surface area contributed by atoms with Crippen LogP contribution in [0.5, 0.6) is 11.5 Å². The van der Waals surface area contributed by atoms with E-state index < -0.39 is 0 Å². The van der Waals surface area contributed by atoms with Gasteiger partial charge in [-0.1, -0.05) is 30.3 Å². The number of para-hydroxylation sites is 1. The molecular weight excluding hydrogens is 314 g/mol. The van der Waals surface area contributed by atoms with Crippen molar-refractivity contribution < 1.29 is 14.3 Å². The van der Waals surface area contributed by atoms with Gasteiger partial charge in [0.25, 0.3) is 0 Å². The number of rotatable bonds is 9. The van der Waals surface area contributed by atoms with Crippen LogP contribution >= 0.6 is 0 Å². The first kappa shape index (κ1) is 19.0. The Morgan fingerprint density at radius 3 is 2.44 bits per heavy atom. The quantitative estimate of drug-likeness (QED) is 0.498. The van der Waals surface area contributed by atoms with Crippen LogP contribution in [0.25, 0.3) is 0 Å². The van der Waals surface area contributed by atoms with Crippen LogP contribution < -0.4 is 4.74 Å². The standard InChI is InChI=1S/C21H27NO3/c1-17(21(23)24-15-8-7-14-22(2)3)18-10-9-13-20(16-18)25-19-11-5-4-6-12-19/h4-6,9-13,16-17H,7-8,14-15H2,1-3H3. The highest BCUT2D eigenvalue weighted by atomic mass is 16.5. The minimum Gasteiger partial charge on any atom is -0.465 e. The molecule has 2 aromatic rings. The van der Waals surface area contributed by atoms with Crippen LogP contribution in [0.15, 0.2) is 54.6 Å². The molecule has 1 atom stereocenters. The molecule has 0 aliphatic heterocycles. The van der Waals surface area contributed by atoms with Crippen LogP contribution in [0, 0.1) is 0 Å². The van der Waals surface area contributed by atoms with Crippen LogP contribution in [0.4, 0.5) is 0 Å². The molecule has 0 aromatic heterocycles. The molecule has 0 radical (unpaired) electrons. The molecule has 0 spiro atoms. The molecule has 0 aliphatic carbocycles. The number of hydrogen-bond donors (Lipinski definition) is 0. The van der Waals surface area contributed by atoms with Gasteiger partial charge in [-0.2, -0.15) is 0 Å². The second-order valence-corrected chi connectivity index (χ2v) is 6.39. The lowest BCUT2D eigenvalue weighted by Crippen LogP contribution is -2.16. The van der Waals surface area contributed by atoms with Crippen molar-refractivity contribution in [2.75, 3.05) is 27.2 Å². The maximum atomic E-state index is 12.2. The van der Waals surface area contributed by atoms with Crippen molar-refractivity contribution in [3.8, 4) is 11.5 Å². The maximum Gasteiger partial charge on any atom is 0.313 e. The summed E-state index contributed by atoms with van der Waals surface area (Å²) < 4.78 is 11.2. The number of ether oxygens (including phenoxy) is 2. The van der Waals surface area contributed by atoms with Crippen molar-refractivity contribution in [2.45, 2.75) is 25.7 Å². The molecule has 2 rings (SSSR count). The van der Waals surface area contributed by atoms with Gasteiger partial charge < -0.3 is 14.4 Å². The van der Waals surface area contributed by atoms with E-state index in [0.717, 1.165) is 30.7 Å². The molecule has 2 aromatic carbocycles. The monoisotopic (exact) mass is 341 g/mol. The summed E-state index contributed by atoms with van der Waals surface area (Å²) in [5.74, 6) is 0.986. The summed E-state index contributed by atoms with van der Waals surface area (Å²) in [5, 5.41) is 0. The van der Waals surface area contributed by atoms with Crippen LogP contribution in [-0.4, -0.2) is 38.1 Å². The summed E-state index contributed by atoms with van der Waals surface area (Å²) in [6.07, 6.45) is 1.91. The van der Waals surface area contributed by atoms with Crippen LogP contribution in [0.3, 0.4) is 0 Å². The predicted octanol–water partition coefficient (Wildman–Crippen LogP) is 4.47. The maximum absolute atomic E-state index is 12.2. The van der Waals surface area contributed by atoms with Gasteiger partial charge in [0.15, 0.2) is 0 Å². The number of carbonyl (C=O) groups is 1. The lowest BCUT2D eigenvalue weighted by molar-refractivity contribution is -0.145. The average Bonchev–Trinajstić information content (AvgIpc) is 2.61. The van der Waals surface area contributed by atoms with Crippen molar-refractivity contribution in [3.05, 3.63) is 60.2 Å². The van der Waals surface area contributed by atoms with Gasteiger partial charge in [0, 0.05) is 0 Å². The van der Waals surface area contributed by atoms with E-state index in [-0.39, 0.29) is 11.9 Å². The van der Waals surface area contributed by atoms with Gasteiger partial charge in [-0.05, 0) is 70.2 Å². The van der Waals surface area contributed by atoms with Crippen LogP contribution in [0.2, 0.25) is 0 Å². The number of nitrogens with zero attached hydrogens (tertiary/aromatic N) is 1. The number of benzene rings is 2. The van der Waals surface area contributed by atoms with Gasteiger partial charge in [-0.3, -0.25) is 4.79 Å². The van der Waals surface area contributed by atoms with Gasteiger partial charge in [0.05, 0.1) is 12.5 Å². The smallest absolute Gasteiger partial charge is 0.313 e. The summed E-state index contributed by atoms with van der Waals surface area (Å²) in [5.41, 5.74) is 0.895. The molecule has 0 amide bonds. The molecule has 1 unspecified atom stereocenters. The molecule has 0 saturated heterocycles. The summed E-state index contributed by atoms with van der Waals surface area (Å²) in [7, 11) is 4.08. The lowest BCUT2D eigenvalue weighted by Gasteiger charge is -2.14. The Morgan fingerprint density at radius 1 is 1.00 bits per heavy atom. The lowest BCUT2D eigenvalue weighted by atomic mass is 10.0. The van der Waals surface area contributed by atoms with E-state index in [1.807, 2.05) is 75.6 Å². The highest BCUT2D eigenvalue weighted by Gasteiger charge is 2.17. The minimum absolute atomic E-state index is 0.193. The number of esters is 1. The van der Waals surface area contributed by atoms with Crippen LogP contribution in [0.1, 0.15) is 31.2 Å². The van der Waals surface area contributed by atoms with Crippen molar-refractivity contribution in [3.63, 3.8) is 0 Å². The zero-order valence-electron chi connectivity index (χ0n) is 15.3. The largest absolute Gasteiger partial charge is 0.465 e. The Kier molecular flexibility index (Phi) is 7.48. The molecular formula is C21H27NO3. The molecule has 25 heavy (non-hydrogen) atoms. The molecule has 0 fully saturated rings. The van der Waals surface area contributed by atoms with Gasteiger partial charge in [0.2, 0.25) is 0 Å². The average molecular weight is 341 g/mol. The highest BCUT2D eigenvalue weighted by molar-refractivity contribution is 5.77. The van der Waals surface area contributed by atoms with E-state index in [4.69, 9.17) is 9.47 Å². The van der Waals surface area contributed by atoms with E-state index in [1.165, 1.54) is 0 Å². The molecule has 134 valence electrons. The summed E-state index contributed by atoms with van der Waals surface area (Å²) in [4.78, 5) is 14.4. The first-order valence-electron chi connectivity index (χ1n) is 8.70. The fraction of sp³-hybridized carbons (Fsp3) is 0.381. The van der Waals surface area contributed by atoms with Crippen molar-refractivity contribution >= 4 is 5.97 Å². The Morgan fingerprint density at radius 2 is 1.72 bits per heavy atom. The second kappa shape index (κ2) is 9.84. The Bertz CT molecular complexity index is 655. The van der Waals surface area contributed by atoms with Crippen molar-refractivity contribution in [1.29, 1.82) is 0 Å². The van der Waals surface area contributed by atoms with Crippen LogP contribution in [-0.2, 0) is 9.53 Å². The molecule has 0 saturated carbocycles. The molecule has 4 nitrogen and oxygen atoms in total. The Balaban J connectivity index is 1.87. The first-order chi connectivity index (χ1) is 12.1. The molecule has 0 N–H and O–H groups in total. The molecule has 0 bridgehead atoms. The summed E-state index contributed by atoms with van der Waals surface area (Å²) in [6.45, 7) is 3.34. The van der Waals surface area contributed by atoms with Crippen molar-refractivity contribution in [1.82, 2.24) is 4.90 Å².